The van der Waals surface area contributed by atoms with E-state index < -0.39 is 29.6 Å². The maximum Gasteiger partial charge on any atom is 0.0714 e. The number of nitrogens with zero attached hydrogens (tertiary/aromatic N) is 1. The Bertz CT molecular complexity index is 3670. The number of rotatable bonds is 12. The van der Waals surface area contributed by atoms with E-state index in [1.54, 1.807) is 35.2 Å². The van der Waals surface area contributed by atoms with E-state index in [9.17, 15) is 2.74 Å². The summed E-state index contributed by atoms with van der Waals surface area (Å²) in [5, 5.41) is 4.34. The Hall–Kier alpha value is -8.26. The van der Waals surface area contributed by atoms with Gasteiger partial charge in [0.2, 0.25) is 0 Å². The maximum absolute atomic E-state index is 9.81. The molecule has 0 bridgehead atoms. The molecule has 0 aromatic heterocycles. The fourth-order valence-corrected chi connectivity index (χ4v) is 9.16. The van der Waals surface area contributed by atoms with Gasteiger partial charge in [-0.1, -0.05) is 232 Å². The van der Waals surface area contributed by atoms with Crippen molar-refractivity contribution in [3.05, 3.63) is 308 Å². The number of anilines is 1. The second-order valence-electron chi connectivity index (χ2n) is 15.7. The Morgan fingerprint density at radius 3 is 1.88 bits per heavy atom. The summed E-state index contributed by atoms with van der Waals surface area (Å²) in [7, 11) is 0. The number of hydrogen-bond donors (Lipinski definition) is 0. The first-order chi connectivity index (χ1) is 35.1. The van der Waals surface area contributed by atoms with Crippen molar-refractivity contribution in [1.82, 2.24) is 0 Å². The van der Waals surface area contributed by atoms with Crippen molar-refractivity contribution < 1.29 is 11.0 Å². The zero-order chi connectivity index (χ0) is 50.1. The van der Waals surface area contributed by atoms with Gasteiger partial charge >= 0.3 is 0 Å². The van der Waals surface area contributed by atoms with E-state index in [-0.39, 0.29) is 34.5 Å². The molecule has 10 rings (SSSR count). The van der Waals surface area contributed by atoms with Crippen LogP contribution in [0.2, 0.25) is 0 Å². The van der Waals surface area contributed by atoms with Gasteiger partial charge in [-0.15, -0.1) is 0 Å². The Kier molecular flexibility index (Phi) is 8.51. The lowest BCUT2D eigenvalue weighted by Crippen LogP contribution is -2.29. The number of allylic oxidation sites excluding steroid dienone is 7. The minimum Gasteiger partial charge on any atom is -0.318 e. The highest BCUT2D eigenvalue weighted by atomic mass is 15.1. The Morgan fingerprint density at radius 2 is 1.17 bits per heavy atom. The van der Waals surface area contributed by atoms with Crippen LogP contribution in [0.1, 0.15) is 38.8 Å². The van der Waals surface area contributed by atoms with Crippen LogP contribution in [-0.2, 0) is 5.41 Å². The molecule has 64 heavy (non-hydrogen) atoms. The normalized spacial score (nSPS) is 15.9. The van der Waals surface area contributed by atoms with Gasteiger partial charge in [0.1, 0.15) is 0 Å². The van der Waals surface area contributed by atoms with Gasteiger partial charge in [0, 0.05) is 17.6 Å². The van der Waals surface area contributed by atoms with Gasteiger partial charge in [-0.2, -0.15) is 0 Å². The largest absolute Gasteiger partial charge is 0.318 e. The van der Waals surface area contributed by atoms with Gasteiger partial charge in [-0.25, -0.2) is 0 Å². The quantitative estimate of drug-likeness (QED) is 0.0876. The lowest BCUT2D eigenvalue weighted by molar-refractivity contribution is 0.761. The molecule has 0 fully saturated rings. The van der Waals surface area contributed by atoms with Crippen molar-refractivity contribution in [3.8, 4) is 22.3 Å². The summed E-state index contributed by atoms with van der Waals surface area (Å²) < 4.78 is 73.4. The summed E-state index contributed by atoms with van der Waals surface area (Å²) >= 11 is 0. The molecule has 1 aliphatic carbocycles. The van der Waals surface area contributed by atoms with Crippen LogP contribution in [-0.4, -0.2) is 0 Å². The topological polar surface area (TPSA) is 3.24 Å². The lowest BCUT2D eigenvalue weighted by Gasteiger charge is -2.35. The minimum atomic E-state index is -0.842. The molecular formula is C63H47N. The van der Waals surface area contributed by atoms with Crippen molar-refractivity contribution >= 4 is 38.4 Å². The summed E-state index contributed by atoms with van der Waals surface area (Å²) in [4.78, 5) is 1.70. The third-order valence-corrected chi connectivity index (χ3v) is 12.1. The molecule has 0 N–H and O–H groups in total. The molecule has 0 saturated carbocycles. The van der Waals surface area contributed by atoms with Gasteiger partial charge in [0.25, 0.3) is 0 Å². The van der Waals surface area contributed by atoms with Crippen molar-refractivity contribution in [2.75, 3.05) is 4.90 Å². The number of benzene rings is 9. The van der Waals surface area contributed by atoms with Crippen LogP contribution in [0, 0.1) is 0 Å². The molecular weight excluding hydrogens is 771 g/mol. The predicted octanol–water partition coefficient (Wildman–Crippen LogP) is 16.4. The molecule has 9 aromatic carbocycles. The average molecular weight is 826 g/mol. The molecule has 0 unspecified atom stereocenters. The van der Waals surface area contributed by atoms with Crippen molar-refractivity contribution in [2.24, 2.45) is 0 Å². The van der Waals surface area contributed by atoms with Crippen LogP contribution in [0.15, 0.2) is 280 Å². The molecule has 0 spiro atoms. The molecule has 0 saturated heterocycles. The third kappa shape index (κ3) is 7.14. The van der Waals surface area contributed by atoms with Gasteiger partial charge in [-0.3, -0.25) is 0 Å². The van der Waals surface area contributed by atoms with Crippen molar-refractivity contribution in [2.45, 2.75) is 5.41 Å². The van der Waals surface area contributed by atoms with Crippen molar-refractivity contribution in [1.29, 1.82) is 0 Å². The van der Waals surface area contributed by atoms with Crippen LogP contribution < -0.4 is 4.90 Å². The average Bonchev–Trinajstić information content (AvgIpc) is 3.72. The molecule has 0 heterocycles. The fourth-order valence-electron chi connectivity index (χ4n) is 9.16. The fraction of sp³-hybridized carbons (Fsp3) is 0.0159. The van der Waals surface area contributed by atoms with Crippen LogP contribution >= 0.6 is 0 Å². The molecule has 0 aliphatic heterocycles. The SMILES string of the molecule is [2H]C=C(/C([2H])=C(/[2H])C(=C[2H])N(/C=C/C1=C(C=C)c2ccccc2C1(c1ccccc1)c1ccccc1)c1cccc(-c2cc3ccccc3c3ccccc23)c1)c1c([2H])c([2H])c(-c2ccccc2)c([2H])c1[2H]. The monoisotopic (exact) mass is 825 g/mol. The van der Waals surface area contributed by atoms with E-state index in [0.29, 0.717) is 11.3 Å². The highest BCUT2D eigenvalue weighted by Gasteiger charge is 2.46. The molecule has 1 heteroatoms. The molecule has 304 valence electrons. The van der Waals surface area contributed by atoms with Gasteiger partial charge in [0.05, 0.1) is 16.4 Å². The lowest BCUT2D eigenvalue weighted by atomic mass is 9.67. The van der Waals surface area contributed by atoms with E-state index in [1.165, 1.54) is 0 Å². The molecule has 0 amide bonds. The predicted molar refractivity (Wildman–Crippen MR) is 274 cm³/mol. The summed E-state index contributed by atoms with van der Waals surface area (Å²) in [5.41, 5.74) is 7.40. The first-order valence-corrected chi connectivity index (χ1v) is 21.2. The zero-order valence-corrected chi connectivity index (χ0v) is 35.0. The molecule has 0 radical (unpaired) electrons. The highest BCUT2D eigenvalue weighted by Crippen LogP contribution is 2.55. The standard InChI is InChI=1S/C63H47N/c1-4-55-59-33-18-19-34-61(59)63(52-25-10-6-11-26-52,53-27-12-7-13-28-53)62(55)41-42-64(46(3)36-35-45(2)47-37-39-49(40-38-47)48-21-8-5-9-22-48)54-29-20-24-50(43-54)60-44-51-23-14-15-30-56(51)57-31-16-17-32-58(57)60/h4-44H,1-3H2/b36-35-,42-41+/i2D,3D,35D,36D,37D,38D,39D,40D/b36-35-,42-41+,45-2?,46-3?. The Balaban J connectivity index is 1.20. The van der Waals surface area contributed by atoms with E-state index in [2.05, 4.69) is 73.3 Å². The highest BCUT2D eigenvalue weighted by molar-refractivity contribution is 6.13. The molecule has 1 nitrogen and oxygen atoms in total. The van der Waals surface area contributed by atoms with Gasteiger partial charge in [0.15, 0.2) is 0 Å². The van der Waals surface area contributed by atoms with E-state index in [4.69, 9.17) is 8.22 Å². The third-order valence-electron chi connectivity index (χ3n) is 12.1. The number of fused-ring (bicyclic) bond motifs is 4. The Morgan fingerprint density at radius 1 is 0.547 bits per heavy atom. The molecule has 9 aromatic rings. The zero-order valence-electron chi connectivity index (χ0n) is 43.0. The summed E-state index contributed by atoms with van der Waals surface area (Å²) in [6.45, 7) is 6.14. The minimum absolute atomic E-state index is 0.0476. The van der Waals surface area contributed by atoms with Crippen molar-refractivity contribution in [3.63, 3.8) is 0 Å². The summed E-state index contributed by atoms with van der Waals surface area (Å²) in [6, 6.07) is 61.6. The summed E-state index contributed by atoms with van der Waals surface area (Å²) in [6.07, 6.45) is 5.69. The second kappa shape index (κ2) is 17.2. The summed E-state index contributed by atoms with van der Waals surface area (Å²) in [5.74, 6) is 0. The molecule has 1 aliphatic rings. The van der Waals surface area contributed by atoms with E-state index >= 15 is 0 Å². The Labute approximate surface area is 388 Å². The smallest absolute Gasteiger partial charge is 0.0714 e. The maximum atomic E-state index is 9.81. The van der Waals surface area contributed by atoms with E-state index in [0.717, 1.165) is 79.2 Å². The van der Waals surface area contributed by atoms with Crippen LogP contribution in [0.3, 0.4) is 0 Å². The molecule has 0 atom stereocenters. The van der Waals surface area contributed by atoms with Crippen LogP contribution in [0.25, 0.3) is 54.9 Å². The first kappa shape index (κ1) is 31.6. The van der Waals surface area contributed by atoms with E-state index in [1.807, 2.05) is 115 Å². The first-order valence-electron chi connectivity index (χ1n) is 25.4. The van der Waals surface area contributed by atoms with Crippen LogP contribution in [0.5, 0.6) is 0 Å². The van der Waals surface area contributed by atoms with Gasteiger partial charge < -0.3 is 4.90 Å². The number of hydrogen-bond acceptors (Lipinski definition) is 1. The van der Waals surface area contributed by atoms with Gasteiger partial charge in [-0.05, 0) is 119 Å². The van der Waals surface area contributed by atoms with Crippen LogP contribution in [0.4, 0.5) is 5.69 Å². The second-order valence-corrected chi connectivity index (χ2v) is 15.7.